The molecular formula is C16H26O2. The van der Waals surface area contributed by atoms with E-state index in [1.807, 2.05) is 0 Å². The van der Waals surface area contributed by atoms with Crippen molar-refractivity contribution in [3.8, 4) is 0 Å². The lowest BCUT2D eigenvalue weighted by Gasteiger charge is -2.17. The van der Waals surface area contributed by atoms with E-state index in [1.165, 1.54) is 29.4 Å². The molecule has 1 rings (SSSR count). The van der Waals surface area contributed by atoms with E-state index < -0.39 is 0 Å². The van der Waals surface area contributed by atoms with Gasteiger partial charge >= 0.3 is 5.97 Å². The molecule has 0 N–H and O–H groups in total. The van der Waals surface area contributed by atoms with Gasteiger partial charge in [0, 0.05) is 5.92 Å². The van der Waals surface area contributed by atoms with Gasteiger partial charge in [0.25, 0.3) is 0 Å². The second-order valence-corrected chi connectivity index (χ2v) is 4.75. The summed E-state index contributed by atoms with van der Waals surface area (Å²) in [4.78, 5) is 11.6. The maximum Gasteiger partial charge on any atom is 0.306 e. The van der Waals surface area contributed by atoms with Crippen LogP contribution in [0.4, 0.5) is 0 Å². The molecule has 2 heteroatoms. The van der Waals surface area contributed by atoms with Crippen LogP contribution in [-0.2, 0) is 9.53 Å². The summed E-state index contributed by atoms with van der Waals surface area (Å²) in [6, 6.07) is 0. The average Bonchev–Trinajstić information content (AvgIpc) is 2.69. The first-order valence-electron chi connectivity index (χ1n) is 7.15. The van der Waals surface area contributed by atoms with Crippen LogP contribution in [0.3, 0.4) is 0 Å². The lowest BCUT2D eigenvalue weighted by Crippen LogP contribution is -2.12. The number of esters is 1. The minimum Gasteiger partial charge on any atom is -0.469 e. The van der Waals surface area contributed by atoms with Gasteiger partial charge in [0.1, 0.15) is 0 Å². The van der Waals surface area contributed by atoms with Crippen LogP contribution in [0.1, 0.15) is 59.8 Å². The first kappa shape index (κ1) is 15.0. The van der Waals surface area contributed by atoms with Gasteiger partial charge in [-0.05, 0) is 36.8 Å². The number of carbonyl (C=O) groups is 1. The Morgan fingerprint density at radius 2 is 1.39 bits per heavy atom. The van der Waals surface area contributed by atoms with E-state index >= 15 is 0 Å². The van der Waals surface area contributed by atoms with Gasteiger partial charge in [-0.3, -0.25) is 4.79 Å². The van der Waals surface area contributed by atoms with Crippen molar-refractivity contribution in [2.45, 2.75) is 59.8 Å². The van der Waals surface area contributed by atoms with E-state index in [4.69, 9.17) is 4.74 Å². The fraction of sp³-hybridized carbons (Fsp3) is 0.688. The van der Waals surface area contributed by atoms with E-state index in [2.05, 4.69) is 27.7 Å². The zero-order valence-corrected chi connectivity index (χ0v) is 12.4. The molecule has 2 nitrogen and oxygen atoms in total. The topological polar surface area (TPSA) is 26.3 Å². The molecule has 0 spiro atoms. The maximum atomic E-state index is 11.6. The highest BCUT2D eigenvalue weighted by atomic mass is 16.5. The fourth-order valence-corrected chi connectivity index (χ4v) is 3.32. The first-order chi connectivity index (χ1) is 8.64. The zero-order chi connectivity index (χ0) is 13.7. The van der Waals surface area contributed by atoms with E-state index in [9.17, 15) is 4.79 Å². The van der Waals surface area contributed by atoms with Gasteiger partial charge in [0.2, 0.25) is 0 Å². The van der Waals surface area contributed by atoms with Crippen molar-refractivity contribution < 1.29 is 9.53 Å². The Kier molecular flexibility index (Phi) is 5.64. The molecule has 18 heavy (non-hydrogen) atoms. The van der Waals surface area contributed by atoms with Crippen molar-refractivity contribution in [1.29, 1.82) is 0 Å². The summed E-state index contributed by atoms with van der Waals surface area (Å²) in [6.07, 6.45) is 4.74. The molecule has 0 aliphatic heterocycles. The molecule has 0 saturated carbocycles. The Labute approximate surface area is 111 Å². The molecule has 0 aromatic rings. The molecule has 1 aliphatic carbocycles. The van der Waals surface area contributed by atoms with Crippen molar-refractivity contribution in [1.82, 2.24) is 0 Å². The standard InChI is InChI=1S/C16H26O2/c1-6-11-12(7-2)14(9-4)15(13(11)8-3)10-16(17)18-5/h15H,6-10H2,1-5H3. The van der Waals surface area contributed by atoms with Crippen LogP contribution in [0.25, 0.3) is 0 Å². The van der Waals surface area contributed by atoms with E-state index in [0.717, 1.165) is 25.7 Å². The van der Waals surface area contributed by atoms with Crippen LogP contribution < -0.4 is 0 Å². The molecule has 0 heterocycles. The Hall–Kier alpha value is -1.05. The number of methoxy groups -OCH3 is 1. The van der Waals surface area contributed by atoms with Gasteiger partial charge in [-0.2, -0.15) is 0 Å². The number of hydrogen-bond acceptors (Lipinski definition) is 2. The van der Waals surface area contributed by atoms with Crippen molar-refractivity contribution in [3.05, 3.63) is 22.3 Å². The second-order valence-electron chi connectivity index (χ2n) is 4.75. The number of hydrogen-bond donors (Lipinski definition) is 0. The highest BCUT2D eigenvalue weighted by molar-refractivity contribution is 5.71. The lowest BCUT2D eigenvalue weighted by atomic mass is 9.88. The smallest absolute Gasteiger partial charge is 0.306 e. The highest BCUT2D eigenvalue weighted by Crippen LogP contribution is 2.44. The van der Waals surface area contributed by atoms with Crippen molar-refractivity contribution >= 4 is 5.97 Å². The zero-order valence-electron chi connectivity index (χ0n) is 12.4. The molecule has 0 radical (unpaired) electrons. The minimum absolute atomic E-state index is 0.0929. The Morgan fingerprint density at radius 1 is 0.944 bits per heavy atom. The van der Waals surface area contributed by atoms with E-state index in [1.54, 1.807) is 0 Å². The van der Waals surface area contributed by atoms with Crippen LogP contribution in [0.5, 0.6) is 0 Å². The average molecular weight is 250 g/mol. The van der Waals surface area contributed by atoms with Gasteiger partial charge < -0.3 is 4.74 Å². The van der Waals surface area contributed by atoms with Crippen LogP contribution in [0.15, 0.2) is 22.3 Å². The maximum absolute atomic E-state index is 11.6. The number of allylic oxidation sites excluding steroid dienone is 4. The largest absolute Gasteiger partial charge is 0.469 e. The molecule has 0 amide bonds. The van der Waals surface area contributed by atoms with E-state index in [0.29, 0.717) is 12.3 Å². The minimum atomic E-state index is -0.0929. The Bertz CT molecular complexity index is 347. The summed E-state index contributed by atoms with van der Waals surface area (Å²) in [5, 5.41) is 0. The highest BCUT2D eigenvalue weighted by Gasteiger charge is 2.31. The van der Waals surface area contributed by atoms with Crippen LogP contribution in [0, 0.1) is 5.92 Å². The fourth-order valence-electron chi connectivity index (χ4n) is 3.32. The van der Waals surface area contributed by atoms with E-state index in [-0.39, 0.29) is 5.97 Å². The molecule has 0 saturated heterocycles. The van der Waals surface area contributed by atoms with Crippen molar-refractivity contribution in [3.63, 3.8) is 0 Å². The third-order valence-corrected chi connectivity index (χ3v) is 4.05. The summed E-state index contributed by atoms with van der Waals surface area (Å²) >= 11 is 0. The summed E-state index contributed by atoms with van der Waals surface area (Å²) in [5.41, 5.74) is 5.95. The normalized spacial score (nSPS) is 16.7. The van der Waals surface area contributed by atoms with Gasteiger partial charge in [-0.1, -0.05) is 38.8 Å². The van der Waals surface area contributed by atoms with Gasteiger partial charge in [0.05, 0.1) is 13.5 Å². The molecule has 0 bridgehead atoms. The predicted molar refractivity (Wildman–Crippen MR) is 75.3 cm³/mol. The van der Waals surface area contributed by atoms with Gasteiger partial charge in [0.15, 0.2) is 0 Å². The lowest BCUT2D eigenvalue weighted by molar-refractivity contribution is -0.141. The molecule has 102 valence electrons. The molecule has 0 atom stereocenters. The number of rotatable bonds is 6. The Balaban J connectivity index is 3.15. The molecule has 0 fully saturated rings. The SMILES string of the molecule is CCC1=C(CC)C(CC(=O)OC)C(CC)=C1CC. The number of carbonyl (C=O) groups excluding carboxylic acids is 1. The van der Waals surface area contributed by atoms with Crippen LogP contribution in [-0.4, -0.2) is 13.1 Å². The first-order valence-corrected chi connectivity index (χ1v) is 7.15. The monoisotopic (exact) mass is 250 g/mol. The second kappa shape index (κ2) is 6.77. The Morgan fingerprint density at radius 3 is 1.67 bits per heavy atom. The summed E-state index contributed by atoms with van der Waals surface area (Å²) in [5.74, 6) is 0.210. The van der Waals surface area contributed by atoms with Crippen LogP contribution >= 0.6 is 0 Å². The molecule has 0 aromatic carbocycles. The summed E-state index contributed by atoms with van der Waals surface area (Å²) in [7, 11) is 1.48. The van der Waals surface area contributed by atoms with Crippen molar-refractivity contribution in [2.75, 3.05) is 7.11 Å². The predicted octanol–water partition coefficient (Wildman–Crippen LogP) is 4.41. The van der Waals surface area contributed by atoms with Gasteiger partial charge in [-0.15, -0.1) is 0 Å². The third kappa shape index (κ3) is 2.68. The molecular weight excluding hydrogens is 224 g/mol. The van der Waals surface area contributed by atoms with Crippen molar-refractivity contribution in [2.24, 2.45) is 5.92 Å². The quantitative estimate of drug-likeness (QED) is 0.653. The summed E-state index contributed by atoms with van der Waals surface area (Å²) in [6.45, 7) is 8.82. The van der Waals surface area contributed by atoms with Gasteiger partial charge in [-0.25, -0.2) is 0 Å². The summed E-state index contributed by atoms with van der Waals surface area (Å²) < 4.78 is 4.85. The van der Waals surface area contributed by atoms with Crippen LogP contribution in [0.2, 0.25) is 0 Å². The number of ether oxygens (including phenoxy) is 1. The molecule has 0 aromatic heterocycles. The molecule has 1 aliphatic rings. The third-order valence-electron chi connectivity index (χ3n) is 4.05. The molecule has 0 unspecified atom stereocenters.